The molecule has 2 nitrogen and oxygen atoms in total. The van der Waals surface area contributed by atoms with Crippen LogP contribution in [0.2, 0.25) is 0 Å². The van der Waals surface area contributed by atoms with E-state index >= 15 is 0 Å². The highest BCUT2D eigenvalue weighted by Gasteiger charge is 2.30. The van der Waals surface area contributed by atoms with E-state index in [0.29, 0.717) is 0 Å². The molecule has 0 bridgehead atoms. The lowest BCUT2D eigenvalue weighted by Crippen LogP contribution is -2.28. The Labute approximate surface area is 124 Å². The average Bonchev–Trinajstić information content (AvgIpc) is 2.49. The summed E-state index contributed by atoms with van der Waals surface area (Å²) in [5.74, 6) is 2.97. The third-order valence-corrected chi connectivity index (χ3v) is 6.39. The first-order chi connectivity index (χ1) is 9.42. The lowest BCUT2D eigenvalue weighted by molar-refractivity contribution is 0.114. The molecule has 0 aromatic carbocycles. The maximum atomic E-state index is 5.69. The van der Waals surface area contributed by atoms with Gasteiger partial charge in [0.1, 0.15) is 10.5 Å². The van der Waals surface area contributed by atoms with Gasteiger partial charge in [-0.3, -0.25) is 0 Å². The molecule has 0 N–H and O–H groups in total. The van der Waals surface area contributed by atoms with Gasteiger partial charge in [-0.1, -0.05) is 64.2 Å². The molecule has 0 atom stereocenters. The Balaban J connectivity index is 1.83. The minimum atomic E-state index is -0.161. The van der Waals surface area contributed by atoms with Crippen LogP contribution in [0.1, 0.15) is 70.6 Å². The zero-order valence-corrected chi connectivity index (χ0v) is 15.8. The SMILES string of the molecule is [SiH3]O[SiH]OCCC(C1CCCCC1)C1CCCCC1. The third-order valence-electron chi connectivity index (χ3n) is 5.24. The molecule has 2 fully saturated rings. The Bertz CT molecular complexity index is 208. The van der Waals surface area contributed by atoms with Crippen molar-refractivity contribution >= 4 is 20.5 Å². The smallest absolute Gasteiger partial charge is 0.353 e. The first-order valence-electron chi connectivity index (χ1n) is 8.38. The van der Waals surface area contributed by atoms with Crippen molar-refractivity contribution in [2.75, 3.05) is 6.61 Å². The summed E-state index contributed by atoms with van der Waals surface area (Å²) < 4.78 is 10.9. The molecule has 2 aliphatic carbocycles. The summed E-state index contributed by atoms with van der Waals surface area (Å²) in [6.07, 6.45) is 16.1. The highest BCUT2D eigenvalue weighted by atomic mass is 28.3. The van der Waals surface area contributed by atoms with Crippen LogP contribution in [0.4, 0.5) is 0 Å². The van der Waals surface area contributed by atoms with Gasteiger partial charge in [0, 0.05) is 6.61 Å². The normalized spacial score (nSPS) is 23.2. The van der Waals surface area contributed by atoms with Crippen LogP contribution in [0.15, 0.2) is 0 Å². The highest BCUT2D eigenvalue weighted by Crippen LogP contribution is 2.41. The molecule has 0 aliphatic heterocycles. The second kappa shape index (κ2) is 9.32. The predicted molar refractivity (Wildman–Crippen MR) is 85.4 cm³/mol. The first-order valence-corrected chi connectivity index (χ1v) is 10.1. The summed E-state index contributed by atoms with van der Waals surface area (Å²) in [5.41, 5.74) is 0. The van der Waals surface area contributed by atoms with Crippen LogP contribution in [0.5, 0.6) is 0 Å². The van der Waals surface area contributed by atoms with Crippen LogP contribution in [0.3, 0.4) is 0 Å². The van der Waals surface area contributed by atoms with Crippen molar-refractivity contribution in [1.29, 1.82) is 0 Å². The number of hydrogen-bond acceptors (Lipinski definition) is 2. The van der Waals surface area contributed by atoms with Gasteiger partial charge in [-0.05, 0) is 24.2 Å². The van der Waals surface area contributed by atoms with Crippen molar-refractivity contribution in [3.63, 3.8) is 0 Å². The first kappa shape index (κ1) is 15.7. The van der Waals surface area contributed by atoms with Gasteiger partial charge in [-0.25, -0.2) is 0 Å². The largest absolute Gasteiger partial charge is 0.446 e. The van der Waals surface area contributed by atoms with E-state index in [1.165, 1.54) is 70.6 Å². The van der Waals surface area contributed by atoms with Crippen molar-refractivity contribution in [3.8, 4) is 0 Å². The molecular formula is C15H31O2Si2. The Morgan fingerprint density at radius 1 is 0.895 bits per heavy atom. The Kier molecular flexibility index (Phi) is 7.72. The molecule has 2 saturated carbocycles. The standard InChI is InChI=1S/C15H31O2Si2/c18-17-19-16-12-11-15(13-7-3-1-4-8-13)14-9-5-2-6-10-14/h13-15,19H,1-12H2,18H3. The van der Waals surface area contributed by atoms with E-state index in [-0.39, 0.29) is 10.0 Å². The highest BCUT2D eigenvalue weighted by molar-refractivity contribution is 6.27. The van der Waals surface area contributed by atoms with Gasteiger partial charge in [0.2, 0.25) is 0 Å². The van der Waals surface area contributed by atoms with Crippen molar-refractivity contribution < 1.29 is 8.54 Å². The fourth-order valence-electron chi connectivity index (χ4n) is 4.30. The van der Waals surface area contributed by atoms with E-state index in [4.69, 9.17) is 8.54 Å². The summed E-state index contributed by atoms with van der Waals surface area (Å²) >= 11 is 0. The molecule has 2 aliphatic rings. The predicted octanol–water partition coefficient (Wildman–Crippen LogP) is 2.73. The Morgan fingerprint density at radius 3 is 1.89 bits per heavy atom. The summed E-state index contributed by atoms with van der Waals surface area (Å²) in [6.45, 7) is 0.954. The minimum Gasteiger partial charge on any atom is -0.446 e. The zero-order chi connectivity index (χ0) is 13.3. The van der Waals surface area contributed by atoms with Crippen LogP contribution in [0.25, 0.3) is 0 Å². The minimum absolute atomic E-state index is 0.161. The topological polar surface area (TPSA) is 18.5 Å². The van der Waals surface area contributed by atoms with Crippen molar-refractivity contribution in [3.05, 3.63) is 0 Å². The summed E-state index contributed by atoms with van der Waals surface area (Å²) in [4.78, 5) is 0. The molecule has 0 unspecified atom stereocenters. The maximum Gasteiger partial charge on any atom is 0.353 e. The fraction of sp³-hybridized carbons (Fsp3) is 1.00. The van der Waals surface area contributed by atoms with Crippen molar-refractivity contribution in [2.45, 2.75) is 70.6 Å². The number of hydrogen-bond donors (Lipinski definition) is 0. The monoisotopic (exact) mass is 299 g/mol. The van der Waals surface area contributed by atoms with Gasteiger partial charge in [-0.15, -0.1) is 0 Å². The lowest BCUT2D eigenvalue weighted by atomic mass is 9.68. The van der Waals surface area contributed by atoms with Crippen LogP contribution in [-0.4, -0.2) is 27.1 Å². The van der Waals surface area contributed by atoms with Crippen LogP contribution >= 0.6 is 0 Å². The second-order valence-electron chi connectivity index (χ2n) is 6.45. The Hall–Kier alpha value is 0.354. The van der Waals surface area contributed by atoms with E-state index in [9.17, 15) is 0 Å². The number of rotatable bonds is 7. The van der Waals surface area contributed by atoms with E-state index in [1.54, 1.807) is 0 Å². The average molecular weight is 300 g/mol. The second-order valence-corrected chi connectivity index (χ2v) is 8.86. The van der Waals surface area contributed by atoms with Crippen LogP contribution < -0.4 is 0 Å². The molecule has 19 heavy (non-hydrogen) atoms. The van der Waals surface area contributed by atoms with Crippen LogP contribution in [0, 0.1) is 17.8 Å². The van der Waals surface area contributed by atoms with E-state index < -0.39 is 0 Å². The van der Waals surface area contributed by atoms with Gasteiger partial charge in [0.05, 0.1) is 0 Å². The van der Waals surface area contributed by atoms with E-state index in [1.807, 2.05) is 0 Å². The van der Waals surface area contributed by atoms with Gasteiger partial charge in [0.15, 0.2) is 0 Å². The van der Waals surface area contributed by atoms with Crippen LogP contribution in [-0.2, 0) is 8.54 Å². The molecule has 2 rings (SSSR count). The van der Waals surface area contributed by atoms with Gasteiger partial charge in [0.25, 0.3) is 0 Å². The molecule has 4 heteroatoms. The van der Waals surface area contributed by atoms with E-state index in [0.717, 1.165) is 34.8 Å². The van der Waals surface area contributed by atoms with E-state index in [2.05, 4.69) is 0 Å². The lowest BCUT2D eigenvalue weighted by Gasteiger charge is -2.38. The summed E-state index contributed by atoms with van der Waals surface area (Å²) in [5, 5.41) is 0. The molecule has 0 aromatic heterocycles. The maximum absolute atomic E-state index is 5.69. The van der Waals surface area contributed by atoms with Gasteiger partial charge >= 0.3 is 10.0 Å². The molecule has 0 amide bonds. The quantitative estimate of drug-likeness (QED) is 0.531. The van der Waals surface area contributed by atoms with Gasteiger partial charge in [-0.2, -0.15) is 0 Å². The Morgan fingerprint density at radius 2 is 1.42 bits per heavy atom. The molecule has 111 valence electrons. The third kappa shape index (κ3) is 5.33. The van der Waals surface area contributed by atoms with Crippen molar-refractivity contribution in [1.82, 2.24) is 0 Å². The molecular weight excluding hydrogens is 268 g/mol. The van der Waals surface area contributed by atoms with Crippen molar-refractivity contribution in [2.24, 2.45) is 17.8 Å². The molecule has 1 radical (unpaired) electrons. The molecule has 0 saturated heterocycles. The molecule has 0 aromatic rings. The zero-order valence-electron chi connectivity index (χ0n) is 12.6. The van der Waals surface area contributed by atoms with Gasteiger partial charge < -0.3 is 8.54 Å². The fourth-order valence-corrected chi connectivity index (χ4v) is 5.08. The summed E-state index contributed by atoms with van der Waals surface area (Å²) in [7, 11) is 0.668. The molecule has 0 heterocycles. The molecule has 0 spiro atoms. The summed E-state index contributed by atoms with van der Waals surface area (Å²) in [6, 6.07) is 0.